The molecule has 0 saturated heterocycles. The second kappa shape index (κ2) is 5.34. The molecule has 0 aliphatic rings. The third-order valence-corrected chi connectivity index (χ3v) is 3.26. The van der Waals surface area contributed by atoms with Gasteiger partial charge in [-0.15, -0.1) is 0 Å². The van der Waals surface area contributed by atoms with Crippen LogP contribution < -0.4 is 17.0 Å². The number of halogens is 1. The molecule has 0 fully saturated rings. The first-order chi connectivity index (χ1) is 9.40. The normalized spacial score (nSPS) is 10.5. The summed E-state index contributed by atoms with van der Waals surface area (Å²) in [6.45, 7) is 0.0320. The summed E-state index contributed by atoms with van der Waals surface area (Å²) in [7, 11) is 1.55. The lowest BCUT2D eigenvalue weighted by Crippen LogP contribution is -2.38. The summed E-state index contributed by atoms with van der Waals surface area (Å²) in [5.74, 6) is -0.591. The highest BCUT2D eigenvalue weighted by Crippen LogP contribution is 2.18. The number of amides is 1. The molecule has 0 aliphatic carbocycles. The second-order valence-electron chi connectivity index (χ2n) is 4.30. The molecule has 0 unspecified atom stereocenters. The summed E-state index contributed by atoms with van der Waals surface area (Å²) in [5, 5.41) is 0.277. The number of benzene rings is 1. The zero-order valence-electron chi connectivity index (χ0n) is 10.7. The monoisotopic (exact) mass is 293 g/mol. The van der Waals surface area contributed by atoms with Gasteiger partial charge in [-0.1, -0.05) is 17.7 Å². The predicted octanol–water partition coefficient (Wildman–Crippen LogP) is 0.348. The van der Waals surface area contributed by atoms with Crippen LogP contribution in [0.4, 0.5) is 0 Å². The predicted molar refractivity (Wildman–Crippen MR) is 75.0 cm³/mol. The van der Waals surface area contributed by atoms with Crippen molar-refractivity contribution in [3.63, 3.8) is 0 Å². The number of rotatable bonds is 3. The number of carbonyl (C=O) groups is 1. The largest absolute Gasteiger partial charge is 0.366 e. The fraction of sp³-hybridized carbons (Fsp3) is 0.154. The van der Waals surface area contributed by atoms with Crippen LogP contribution in [0.3, 0.4) is 0 Å². The van der Waals surface area contributed by atoms with Gasteiger partial charge >= 0.3 is 5.69 Å². The minimum absolute atomic E-state index is 0.0320. The van der Waals surface area contributed by atoms with E-state index in [1.165, 1.54) is 29.0 Å². The Morgan fingerprint density at radius 3 is 2.60 bits per heavy atom. The third kappa shape index (κ3) is 2.65. The molecule has 0 spiro atoms. The number of nitrogens with zero attached hydrogens (tertiary/aromatic N) is 2. The number of hydrogen-bond acceptors (Lipinski definition) is 3. The van der Waals surface area contributed by atoms with Crippen molar-refractivity contribution in [1.29, 1.82) is 0 Å². The Bertz CT molecular complexity index is 792. The van der Waals surface area contributed by atoms with E-state index in [-0.39, 0.29) is 17.1 Å². The molecular weight excluding hydrogens is 282 g/mol. The van der Waals surface area contributed by atoms with Gasteiger partial charge in [0.05, 0.1) is 6.54 Å². The molecule has 1 heterocycles. The average molecular weight is 294 g/mol. The van der Waals surface area contributed by atoms with E-state index < -0.39 is 17.2 Å². The maximum absolute atomic E-state index is 11.9. The number of aromatic nitrogens is 2. The molecule has 1 aromatic carbocycles. The zero-order chi connectivity index (χ0) is 14.9. The Hall–Kier alpha value is -2.34. The van der Waals surface area contributed by atoms with E-state index >= 15 is 0 Å². The minimum Gasteiger partial charge on any atom is -0.366 e. The molecule has 1 amide bonds. The zero-order valence-corrected chi connectivity index (χ0v) is 11.4. The van der Waals surface area contributed by atoms with E-state index in [1.807, 2.05) is 0 Å². The molecule has 0 atom stereocenters. The van der Waals surface area contributed by atoms with Gasteiger partial charge in [0.25, 0.3) is 5.56 Å². The maximum atomic E-state index is 11.9. The SMILES string of the molecule is Cn1ccc(=O)n(Cc2ccc(C(N)=O)cc2Cl)c1=O. The highest BCUT2D eigenvalue weighted by molar-refractivity contribution is 6.31. The Balaban J connectivity index is 2.46. The first-order valence-corrected chi connectivity index (χ1v) is 6.12. The van der Waals surface area contributed by atoms with Gasteiger partial charge < -0.3 is 10.3 Å². The molecule has 6 nitrogen and oxygen atoms in total. The smallest absolute Gasteiger partial charge is 0.331 e. The Morgan fingerprint density at radius 1 is 1.30 bits per heavy atom. The molecule has 7 heteroatoms. The van der Waals surface area contributed by atoms with Crippen molar-refractivity contribution in [2.45, 2.75) is 6.54 Å². The van der Waals surface area contributed by atoms with E-state index in [4.69, 9.17) is 17.3 Å². The molecule has 2 N–H and O–H groups in total. The van der Waals surface area contributed by atoms with Crippen molar-refractivity contribution in [1.82, 2.24) is 9.13 Å². The maximum Gasteiger partial charge on any atom is 0.331 e. The second-order valence-corrected chi connectivity index (χ2v) is 4.71. The van der Waals surface area contributed by atoms with E-state index in [0.717, 1.165) is 4.57 Å². The van der Waals surface area contributed by atoms with Crippen molar-refractivity contribution in [2.24, 2.45) is 12.8 Å². The Morgan fingerprint density at radius 2 is 2.00 bits per heavy atom. The quantitative estimate of drug-likeness (QED) is 0.885. The van der Waals surface area contributed by atoms with Gasteiger partial charge in [-0.25, -0.2) is 4.79 Å². The summed E-state index contributed by atoms with van der Waals surface area (Å²) in [6.07, 6.45) is 1.40. The van der Waals surface area contributed by atoms with Crippen LogP contribution in [-0.2, 0) is 13.6 Å². The van der Waals surface area contributed by atoms with Crippen LogP contribution in [-0.4, -0.2) is 15.0 Å². The molecule has 20 heavy (non-hydrogen) atoms. The van der Waals surface area contributed by atoms with E-state index in [0.29, 0.717) is 5.56 Å². The van der Waals surface area contributed by atoms with E-state index in [2.05, 4.69) is 0 Å². The lowest BCUT2D eigenvalue weighted by atomic mass is 10.1. The van der Waals surface area contributed by atoms with Crippen molar-refractivity contribution in [2.75, 3.05) is 0 Å². The summed E-state index contributed by atoms with van der Waals surface area (Å²) in [5.41, 5.74) is 5.12. The van der Waals surface area contributed by atoms with Crippen LogP contribution in [0.5, 0.6) is 0 Å². The van der Waals surface area contributed by atoms with Crippen LogP contribution in [0.25, 0.3) is 0 Å². The molecule has 0 bridgehead atoms. The average Bonchev–Trinajstić information content (AvgIpc) is 2.40. The fourth-order valence-corrected chi connectivity index (χ4v) is 2.00. The van der Waals surface area contributed by atoms with Gasteiger partial charge in [0.1, 0.15) is 0 Å². The Labute approximate surface area is 119 Å². The van der Waals surface area contributed by atoms with Gasteiger partial charge in [0, 0.05) is 29.9 Å². The molecule has 2 rings (SSSR count). The van der Waals surface area contributed by atoms with E-state index in [9.17, 15) is 14.4 Å². The number of nitrogens with two attached hydrogens (primary N) is 1. The first kappa shape index (κ1) is 14.1. The summed E-state index contributed by atoms with van der Waals surface area (Å²) in [6, 6.07) is 5.79. The minimum atomic E-state index is -0.591. The first-order valence-electron chi connectivity index (χ1n) is 5.75. The molecule has 104 valence electrons. The fourth-order valence-electron chi connectivity index (χ4n) is 1.76. The standard InChI is InChI=1S/C13H12ClN3O3/c1-16-5-4-11(18)17(13(16)20)7-9-3-2-8(12(15)19)6-10(9)14/h2-6H,7H2,1H3,(H2,15,19). The highest BCUT2D eigenvalue weighted by atomic mass is 35.5. The van der Waals surface area contributed by atoms with Crippen LogP contribution in [0.1, 0.15) is 15.9 Å². The molecule has 0 saturated carbocycles. The highest BCUT2D eigenvalue weighted by Gasteiger charge is 2.09. The summed E-state index contributed by atoms with van der Waals surface area (Å²) in [4.78, 5) is 34.6. The van der Waals surface area contributed by atoms with Crippen LogP contribution in [0.15, 0.2) is 40.1 Å². The van der Waals surface area contributed by atoms with Crippen molar-refractivity contribution in [3.8, 4) is 0 Å². The van der Waals surface area contributed by atoms with Crippen LogP contribution in [0, 0.1) is 0 Å². The molecule has 0 aliphatic heterocycles. The van der Waals surface area contributed by atoms with Gasteiger partial charge in [0.2, 0.25) is 5.91 Å². The molecular formula is C13H12ClN3O3. The Kier molecular flexibility index (Phi) is 3.76. The van der Waals surface area contributed by atoms with Crippen molar-refractivity contribution < 1.29 is 4.79 Å². The van der Waals surface area contributed by atoms with Gasteiger partial charge in [0.15, 0.2) is 0 Å². The number of carbonyl (C=O) groups excluding carboxylic acids is 1. The molecule has 2 aromatic rings. The van der Waals surface area contributed by atoms with Crippen LogP contribution in [0.2, 0.25) is 5.02 Å². The lowest BCUT2D eigenvalue weighted by molar-refractivity contribution is 0.100. The topological polar surface area (TPSA) is 87.1 Å². The number of aryl methyl sites for hydroxylation is 1. The van der Waals surface area contributed by atoms with E-state index in [1.54, 1.807) is 13.1 Å². The van der Waals surface area contributed by atoms with Gasteiger partial charge in [-0.3, -0.25) is 14.2 Å². The van der Waals surface area contributed by atoms with Crippen LogP contribution >= 0.6 is 11.6 Å². The third-order valence-electron chi connectivity index (χ3n) is 2.91. The summed E-state index contributed by atoms with van der Waals surface area (Å²) < 4.78 is 2.36. The lowest BCUT2D eigenvalue weighted by Gasteiger charge is -2.09. The number of primary amides is 1. The number of hydrogen-bond donors (Lipinski definition) is 1. The van der Waals surface area contributed by atoms with Gasteiger partial charge in [-0.2, -0.15) is 0 Å². The molecule has 0 radical (unpaired) electrons. The van der Waals surface area contributed by atoms with Gasteiger partial charge in [-0.05, 0) is 17.7 Å². The summed E-state index contributed by atoms with van der Waals surface area (Å²) >= 11 is 6.04. The van der Waals surface area contributed by atoms with Crippen molar-refractivity contribution in [3.05, 3.63) is 67.4 Å². The van der Waals surface area contributed by atoms with Crippen molar-refractivity contribution >= 4 is 17.5 Å². The molecule has 1 aromatic heterocycles.